The quantitative estimate of drug-likeness (QED) is 0.627. The lowest BCUT2D eigenvalue weighted by atomic mass is 10.1. The van der Waals surface area contributed by atoms with Gasteiger partial charge in [-0.1, -0.05) is 6.07 Å². The summed E-state index contributed by atoms with van der Waals surface area (Å²) in [5.74, 6) is 1.66. The number of aryl methyl sites for hydroxylation is 3. The zero-order chi connectivity index (χ0) is 21.0. The minimum Gasteiger partial charge on any atom is -0.497 e. The van der Waals surface area contributed by atoms with Gasteiger partial charge in [-0.05, 0) is 37.5 Å². The van der Waals surface area contributed by atoms with Crippen LogP contribution in [0.15, 0.2) is 24.3 Å². The van der Waals surface area contributed by atoms with Crippen molar-refractivity contribution in [2.24, 2.45) is 7.05 Å². The molecule has 0 aliphatic rings. The molecule has 8 nitrogen and oxygen atoms in total. The largest absolute Gasteiger partial charge is 0.497 e. The molecular weight excluding hydrogens is 372 g/mol. The monoisotopic (exact) mass is 398 g/mol. The van der Waals surface area contributed by atoms with Gasteiger partial charge in [0.05, 0.1) is 19.9 Å². The van der Waals surface area contributed by atoms with Crippen LogP contribution in [-0.2, 0) is 18.3 Å². The van der Waals surface area contributed by atoms with Crippen LogP contribution in [0.5, 0.6) is 17.4 Å². The third kappa shape index (κ3) is 4.59. The molecule has 8 heteroatoms. The van der Waals surface area contributed by atoms with Crippen molar-refractivity contribution in [3.8, 4) is 17.4 Å². The van der Waals surface area contributed by atoms with Crippen molar-refractivity contribution in [2.45, 2.75) is 20.3 Å². The molecule has 0 saturated heterocycles. The van der Waals surface area contributed by atoms with Gasteiger partial charge in [0.2, 0.25) is 5.88 Å². The number of carbonyl (C=O) groups is 1. The number of rotatable bonds is 8. The molecule has 0 fully saturated rings. The second-order valence-corrected chi connectivity index (χ2v) is 6.75. The fourth-order valence-corrected chi connectivity index (χ4v) is 3.29. The third-order valence-corrected chi connectivity index (χ3v) is 4.70. The number of nitrogens with zero attached hydrogens (tertiary/aromatic N) is 3. The van der Waals surface area contributed by atoms with Gasteiger partial charge in [-0.2, -0.15) is 10.1 Å². The van der Waals surface area contributed by atoms with E-state index in [0.29, 0.717) is 18.8 Å². The Bertz CT molecular complexity index is 1030. The Labute approximate surface area is 169 Å². The Kier molecular flexibility index (Phi) is 6.21. The maximum atomic E-state index is 12.1. The molecule has 0 bridgehead atoms. The molecule has 1 aromatic carbocycles. The average molecular weight is 398 g/mol. The number of carbonyl (C=O) groups excluding carboxylic acids is 1. The normalized spacial score (nSPS) is 10.8. The molecule has 3 aromatic rings. The lowest BCUT2D eigenvalue weighted by Gasteiger charge is -2.11. The molecule has 0 atom stereocenters. The van der Waals surface area contributed by atoms with Crippen molar-refractivity contribution < 1.29 is 19.0 Å². The minimum absolute atomic E-state index is 0.103. The zero-order valence-electron chi connectivity index (χ0n) is 17.4. The molecule has 154 valence electrons. The molecule has 3 rings (SSSR count). The summed E-state index contributed by atoms with van der Waals surface area (Å²) in [7, 11) is 5.06. The van der Waals surface area contributed by atoms with Crippen LogP contribution in [0, 0.1) is 13.8 Å². The van der Waals surface area contributed by atoms with Crippen molar-refractivity contribution in [3.63, 3.8) is 0 Å². The number of amides is 1. The molecule has 0 spiro atoms. The van der Waals surface area contributed by atoms with Crippen molar-refractivity contribution >= 4 is 16.9 Å². The molecule has 0 unspecified atom stereocenters. The van der Waals surface area contributed by atoms with Crippen LogP contribution < -0.4 is 19.5 Å². The van der Waals surface area contributed by atoms with Crippen LogP contribution in [0.1, 0.15) is 16.8 Å². The minimum atomic E-state index is -0.210. The average Bonchev–Trinajstić information content (AvgIpc) is 3.00. The van der Waals surface area contributed by atoms with Crippen molar-refractivity contribution in [1.82, 2.24) is 20.1 Å². The van der Waals surface area contributed by atoms with Crippen molar-refractivity contribution in [2.75, 3.05) is 27.4 Å². The van der Waals surface area contributed by atoms with Crippen LogP contribution in [0.3, 0.4) is 0 Å². The molecule has 0 aliphatic carbocycles. The van der Waals surface area contributed by atoms with E-state index < -0.39 is 0 Å². The molecule has 29 heavy (non-hydrogen) atoms. The number of nitrogens with one attached hydrogen (secondary N) is 1. The number of hydrogen-bond donors (Lipinski definition) is 1. The highest BCUT2D eigenvalue weighted by Crippen LogP contribution is 2.25. The first-order chi connectivity index (χ1) is 13.9. The number of benzene rings is 1. The first-order valence-corrected chi connectivity index (χ1v) is 9.34. The molecule has 1 amide bonds. The number of fused-ring (bicyclic) bond motifs is 1. The van der Waals surface area contributed by atoms with E-state index in [1.54, 1.807) is 18.9 Å². The Hall–Kier alpha value is -3.29. The third-order valence-electron chi connectivity index (χ3n) is 4.70. The molecule has 0 aliphatic heterocycles. The lowest BCUT2D eigenvalue weighted by Crippen LogP contribution is -2.30. The van der Waals surface area contributed by atoms with Crippen LogP contribution in [0.2, 0.25) is 0 Å². The summed E-state index contributed by atoms with van der Waals surface area (Å²) in [6.07, 6.45) is 0.635. The summed E-state index contributed by atoms with van der Waals surface area (Å²) in [4.78, 5) is 16.6. The van der Waals surface area contributed by atoms with Crippen molar-refractivity contribution in [3.05, 3.63) is 41.1 Å². The van der Waals surface area contributed by atoms with Crippen LogP contribution >= 0.6 is 0 Å². The smallest absolute Gasteiger partial charge is 0.258 e. The topological polar surface area (TPSA) is 87.5 Å². The first kappa shape index (κ1) is 20.4. The Morgan fingerprint density at radius 3 is 2.69 bits per heavy atom. The molecule has 2 heterocycles. The molecule has 0 radical (unpaired) electrons. The zero-order valence-corrected chi connectivity index (χ0v) is 17.4. The van der Waals surface area contributed by atoms with Gasteiger partial charge in [0.1, 0.15) is 11.5 Å². The van der Waals surface area contributed by atoms with Gasteiger partial charge in [-0.3, -0.25) is 9.48 Å². The van der Waals surface area contributed by atoms with Crippen LogP contribution in [-0.4, -0.2) is 48.0 Å². The SMILES string of the molecule is COc1ccc(CCNC(=O)COc2cc(C)c3c(C)nn(C)c3n2)c(OC)c1. The maximum absolute atomic E-state index is 12.1. The van der Waals surface area contributed by atoms with Gasteiger partial charge < -0.3 is 19.5 Å². The van der Waals surface area contributed by atoms with Gasteiger partial charge in [0, 0.05) is 31.1 Å². The van der Waals surface area contributed by atoms with Gasteiger partial charge in [-0.25, -0.2) is 0 Å². The van der Waals surface area contributed by atoms with Gasteiger partial charge in [-0.15, -0.1) is 0 Å². The summed E-state index contributed by atoms with van der Waals surface area (Å²) in [6.45, 7) is 4.29. The van der Waals surface area contributed by atoms with E-state index in [9.17, 15) is 4.79 Å². The molecular formula is C21H26N4O4. The second kappa shape index (κ2) is 8.81. The molecule has 2 aromatic heterocycles. The summed E-state index contributed by atoms with van der Waals surface area (Å²) in [5.41, 5.74) is 3.67. The van der Waals surface area contributed by atoms with Crippen LogP contribution in [0.25, 0.3) is 11.0 Å². The van der Waals surface area contributed by atoms with E-state index in [0.717, 1.165) is 39.4 Å². The van der Waals surface area contributed by atoms with Crippen molar-refractivity contribution in [1.29, 1.82) is 0 Å². The van der Waals surface area contributed by atoms with E-state index in [4.69, 9.17) is 14.2 Å². The van der Waals surface area contributed by atoms with Crippen LogP contribution in [0.4, 0.5) is 0 Å². The lowest BCUT2D eigenvalue weighted by molar-refractivity contribution is -0.123. The Morgan fingerprint density at radius 1 is 1.17 bits per heavy atom. The predicted molar refractivity (Wildman–Crippen MR) is 110 cm³/mol. The highest BCUT2D eigenvalue weighted by molar-refractivity contribution is 5.82. The fraction of sp³-hybridized carbons (Fsp3) is 0.381. The highest BCUT2D eigenvalue weighted by atomic mass is 16.5. The number of ether oxygens (including phenoxy) is 3. The van der Waals surface area contributed by atoms with E-state index in [2.05, 4.69) is 15.4 Å². The summed E-state index contributed by atoms with van der Waals surface area (Å²) in [5, 5.41) is 8.25. The van der Waals surface area contributed by atoms with E-state index in [1.165, 1.54) is 0 Å². The van der Waals surface area contributed by atoms with Gasteiger partial charge in [0.25, 0.3) is 5.91 Å². The maximum Gasteiger partial charge on any atom is 0.258 e. The number of aromatic nitrogens is 3. The number of hydrogen-bond acceptors (Lipinski definition) is 6. The standard InChI is InChI=1S/C21H26N4O4/c1-13-10-19(23-21-20(13)14(2)24-25(21)3)29-12-18(26)22-9-8-15-6-7-16(27-4)11-17(15)28-5/h6-7,10-11H,8-9,12H2,1-5H3,(H,22,26). The van der Waals surface area contributed by atoms with E-state index in [-0.39, 0.29) is 12.5 Å². The van der Waals surface area contributed by atoms with E-state index >= 15 is 0 Å². The van der Waals surface area contributed by atoms with Gasteiger partial charge in [0.15, 0.2) is 12.3 Å². The summed E-state index contributed by atoms with van der Waals surface area (Å²) < 4.78 is 17.9. The molecule has 1 N–H and O–H groups in total. The summed E-state index contributed by atoms with van der Waals surface area (Å²) >= 11 is 0. The van der Waals surface area contributed by atoms with Gasteiger partial charge >= 0.3 is 0 Å². The predicted octanol–water partition coefficient (Wildman–Crippen LogP) is 2.34. The highest BCUT2D eigenvalue weighted by Gasteiger charge is 2.13. The first-order valence-electron chi connectivity index (χ1n) is 9.34. The second-order valence-electron chi connectivity index (χ2n) is 6.75. The Morgan fingerprint density at radius 2 is 1.97 bits per heavy atom. The summed E-state index contributed by atoms with van der Waals surface area (Å²) in [6, 6.07) is 7.45. The fourth-order valence-electron chi connectivity index (χ4n) is 3.29. The number of pyridine rings is 1. The van der Waals surface area contributed by atoms with E-state index in [1.807, 2.05) is 45.2 Å². The number of methoxy groups -OCH3 is 2. The Balaban J connectivity index is 1.54. The molecule has 0 saturated carbocycles.